The number of anilines is 1. The highest BCUT2D eigenvalue weighted by Crippen LogP contribution is 2.17. The van der Waals surface area contributed by atoms with Crippen molar-refractivity contribution in [3.63, 3.8) is 0 Å². The number of piperazine rings is 1. The molecule has 1 aliphatic heterocycles. The van der Waals surface area contributed by atoms with E-state index in [0.717, 1.165) is 37.4 Å². The molecule has 1 aromatic carbocycles. The molecule has 0 atom stereocenters. The predicted octanol–water partition coefficient (Wildman–Crippen LogP) is -0.115. The van der Waals surface area contributed by atoms with Crippen molar-refractivity contribution in [2.75, 3.05) is 31.1 Å². The molecular formula is C11H17N3O2S. The fourth-order valence-electron chi connectivity index (χ4n) is 2.00. The molecule has 0 aromatic heterocycles. The van der Waals surface area contributed by atoms with E-state index in [1.807, 2.05) is 18.2 Å². The van der Waals surface area contributed by atoms with Crippen LogP contribution in [-0.4, -0.2) is 34.6 Å². The Bertz CT molecular complexity index is 481. The molecule has 1 aliphatic rings. The van der Waals surface area contributed by atoms with E-state index in [4.69, 9.17) is 5.14 Å². The summed E-state index contributed by atoms with van der Waals surface area (Å²) in [6, 6.07) is 7.56. The molecule has 3 N–H and O–H groups in total. The van der Waals surface area contributed by atoms with Gasteiger partial charge in [0.25, 0.3) is 0 Å². The molecule has 0 aliphatic carbocycles. The normalized spacial score (nSPS) is 17.1. The zero-order valence-corrected chi connectivity index (χ0v) is 10.4. The number of rotatable bonds is 3. The molecule has 1 aromatic rings. The number of hydrogen-bond acceptors (Lipinski definition) is 4. The Balaban J connectivity index is 2.16. The van der Waals surface area contributed by atoms with Crippen molar-refractivity contribution in [3.05, 3.63) is 29.8 Å². The van der Waals surface area contributed by atoms with Crippen LogP contribution in [0.25, 0.3) is 0 Å². The van der Waals surface area contributed by atoms with Crippen molar-refractivity contribution in [3.8, 4) is 0 Å². The Morgan fingerprint density at radius 1 is 1.29 bits per heavy atom. The summed E-state index contributed by atoms with van der Waals surface area (Å²) in [6.07, 6.45) is 0. The summed E-state index contributed by atoms with van der Waals surface area (Å²) in [5.41, 5.74) is 1.80. The van der Waals surface area contributed by atoms with Crippen LogP contribution in [0.4, 0.5) is 5.69 Å². The number of sulfonamides is 1. The van der Waals surface area contributed by atoms with Crippen molar-refractivity contribution in [1.29, 1.82) is 0 Å². The molecule has 17 heavy (non-hydrogen) atoms. The van der Waals surface area contributed by atoms with E-state index in [0.29, 0.717) is 0 Å². The molecule has 1 fully saturated rings. The predicted molar refractivity (Wildman–Crippen MR) is 68.3 cm³/mol. The van der Waals surface area contributed by atoms with Gasteiger partial charge in [-0.05, 0) is 17.7 Å². The molecule has 0 bridgehead atoms. The van der Waals surface area contributed by atoms with Crippen molar-refractivity contribution in [1.82, 2.24) is 5.32 Å². The zero-order valence-electron chi connectivity index (χ0n) is 9.59. The lowest BCUT2D eigenvalue weighted by molar-refractivity contribution is 0.589. The highest BCUT2D eigenvalue weighted by Gasteiger charge is 2.11. The molecule has 0 radical (unpaired) electrons. The molecule has 1 heterocycles. The largest absolute Gasteiger partial charge is 0.369 e. The van der Waals surface area contributed by atoms with E-state index in [-0.39, 0.29) is 5.75 Å². The zero-order chi connectivity index (χ0) is 12.3. The Morgan fingerprint density at radius 3 is 2.65 bits per heavy atom. The minimum Gasteiger partial charge on any atom is -0.369 e. The molecule has 1 saturated heterocycles. The molecule has 2 rings (SSSR count). The van der Waals surface area contributed by atoms with Crippen LogP contribution in [0.5, 0.6) is 0 Å². The second-order valence-corrected chi connectivity index (χ2v) is 5.83. The molecule has 5 nitrogen and oxygen atoms in total. The van der Waals surface area contributed by atoms with Gasteiger partial charge < -0.3 is 10.2 Å². The quantitative estimate of drug-likeness (QED) is 0.790. The van der Waals surface area contributed by atoms with Gasteiger partial charge in [0, 0.05) is 31.9 Å². The maximum Gasteiger partial charge on any atom is 0.213 e. The first-order valence-electron chi connectivity index (χ1n) is 5.60. The molecule has 0 saturated carbocycles. The average molecular weight is 255 g/mol. The van der Waals surface area contributed by atoms with Crippen LogP contribution in [0.2, 0.25) is 0 Å². The van der Waals surface area contributed by atoms with Crippen molar-refractivity contribution in [2.45, 2.75) is 5.75 Å². The van der Waals surface area contributed by atoms with Crippen LogP contribution >= 0.6 is 0 Å². The fraction of sp³-hybridized carbons (Fsp3) is 0.455. The molecule has 0 spiro atoms. The van der Waals surface area contributed by atoms with Crippen LogP contribution < -0.4 is 15.4 Å². The third-order valence-corrected chi connectivity index (χ3v) is 3.50. The highest BCUT2D eigenvalue weighted by atomic mass is 32.2. The summed E-state index contributed by atoms with van der Waals surface area (Å²) in [5.74, 6) is -0.104. The average Bonchev–Trinajstić information content (AvgIpc) is 2.28. The summed E-state index contributed by atoms with van der Waals surface area (Å²) >= 11 is 0. The minimum atomic E-state index is -3.46. The topological polar surface area (TPSA) is 75.4 Å². The summed E-state index contributed by atoms with van der Waals surface area (Å²) in [5, 5.41) is 8.32. The van der Waals surface area contributed by atoms with Gasteiger partial charge in [0.05, 0.1) is 5.75 Å². The van der Waals surface area contributed by atoms with Crippen LogP contribution in [0, 0.1) is 0 Å². The van der Waals surface area contributed by atoms with E-state index in [2.05, 4.69) is 10.2 Å². The molecular weight excluding hydrogens is 238 g/mol. The Labute approximate surface area is 102 Å². The van der Waals surface area contributed by atoms with Crippen molar-refractivity contribution < 1.29 is 8.42 Å². The van der Waals surface area contributed by atoms with Crippen molar-refractivity contribution >= 4 is 15.7 Å². The number of nitrogens with zero attached hydrogens (tertiary/aromatic N) is 1. The minimum absolute atomic E-state index is 0.104. The molecule has 94 valence electrons. The lowest BCUT2D eigenvalue weighted by Gasteiger charge is -2.29. The number of primary sulfonamides is 1. The van der Waals surface area contributed by atoms with Gasteiger partial charge in [-0.3, -0.25) is 0 Å². The summed E-state index contributed by atoms with van der Waals surface area (Å²) < 4.78 is 22.1. The number of nitrogens with two attached hydrogens (primary N) is 1. The number of nitrogens with one attached hydrogen (secondary N) is 1. The highest BCUT2D eigenvalue weighted by molar-refractivity contribution is 7.88. The van der Waals surface area contributed by atoms with E-state index in [1.54, 1.807) is 6.07 Å². The van der Waals surface area contributed by atoms with E-state index < -0.39 is 10.0 Å². The van der Waals surface area contributed by atoms with Crippen molar-refractivity contribution in [2.24, 2.45) is 5.14 Å². The van der Waals surface area contributed by atoms with Gasteiger partial charge in [-0.15, -0.1) is 0 Å². The van der Waals surface area contributed by atoms with Gasteiger partial charge in [0.15, 0.2) is 0 Å². The maximum absolute atomic E-state index is 11.0. The Kier molecular flexibility index (Phi) is 3.66. The molecule has 6 heteroatoms. The monoisotopic (exact) mass is 255 g/mol. The number of benzene rings is 1. The van der Waals surface area contributed by atoms with Crippen LogP contribution in [0.15, 0.2) is 24.3 Å². The second kappa shape index (κ2) is 5.03. The first-order valence-corrected chi connectivity index (χ1v) is 7.31. The Morgan fingerprint density at radius 2 is 2.00 bits per heavy atom. The summed E-state index contributed by atoms with van der Waals surface area (Å²) in [6.45, 7) is 3.80. The first-order chi connectivity index (χ1) is 8.04. The SMILES string of the molecule is NS(=O)(=O)Cc1cccc(N2CCNCC2)c1. The Hall–Kier alpha value is -1.11. The van der Waals surface area contributed by atoms with Gasteiger partial charge in [0.2, 0.25) is 10.0 Å². The van der Waals surface area contributed by atoms with E-state index in [1.165, 1.54) is 0 Å². The number of hydrogen-bond donors (Lipinski definition) is 2. The lowest BCUT2D eigenvalue weighted by Crippen LogP contribution is -2.43. The van der Waals surface area contributed by atoms with Gasteiger partial charge in [-0.1, -0.05) is 12.1 Å². The lowest BCUT2D eigenvalue weighted by atomic mass is 10.2. The van der Waals surface area contributed by atoms with E-state index >= 15 is 0 Å². The van der Waals surface area contributed by atoms with Gasteiger partial charge in [0.1, 0.15) is 0 Å². The third kappa shape index (κ3) is 3.69. The smallest absolute Gasteiger partial charge is 0.213 e. The van der Waals surface area contributed by atoms with Gasteiger partial charge in [-0.25, -0.2) is 13.6 Å². The van der Waals surface area contributed by atoms with Gasteiger partial charge in [-0.2, -0.15) is 0 Å². The van der Waals surface area contributed by atoms with Crippen LogP contribution in [0.1, 0.15) is 5.56 Å². The van der Waals surface area contributed by atoms with Gasteiger partial charge >= 0.3 is 0 Å². The fourth-order valence-corrected chi connectivity index (χ4v) is 2.64. The first kappa shape index (κ1) is 12.3. The maximum atomic E-state index is 11.0. The summed E-state index contributed by atoms with van der Waals surface area (Å²) in [7, 11) is -3.46. The second-order valence-electron chi connectivity index (χ2n) is 4.21. The third-order valence-electron chi connectivity index (χ3n) is 2.76. The molecule has 0 amide bonds. The van der Waals surface area contributed by atoms with E-state index in [9.17, 15) is 8.42 Å². The van der Waals surface area contributed by atoms with Crippen LogP contribution in [0.3, 0.4) is 0 Å². The standard InChI is InChI=1S/C11H17N3O2S/c12-17(15,16)9-10-2-1-3-11(8-10)14-6-4-13-5-7-14/h1-3,8,13H,4-7,9H2,(H2,12,15,16). The van der Waals surface area contributed by atoms with Crippen LogP contribution in [-0.2, 0) is 15.8 Å². The summed E-state index contributed by atoms with van der Waals surface area (Å²) in [4.78, 5) is 2.24. The molecule has 0 unspecified atom stereocenters.